The average Bonchev–Trinajstić information content (AvgIpc) is 2.57. The molecule has 1 rings (SSSR count). The standard InChI is InChI=1S/C11H18F3N3O2/c1-7(15)2-3-9(18)16-8-4-5-17(10(8)19)6-11(12,13)14/h7-8H,2-6,15H2,1H3,(H,16,18). The molecule has 0 aromatic carbocycles. The average molecular weight is 281 g/mol. The van der Waals surface area contributed by atoms with Crippen molar-refractivity contribution < 1.29 is 22.8 Å². The van der Waals surface area contributed by atoms with E-state index in [2.05, 4.69) is 5.32 Å². The molecule has 1 aliphatic rings. The van der Waals surface area contributed by atoms with Crippen molar-refractivity contribution in [2.75, 3.05) is 13.1 Å². The quantitative estimate of drug-likeness (QED) is 0.765. The first kappa shape index (κ1) is 15.7. The lowest BCUT2D eigenvalue weighted by Gasteiger charge is -2.18. The summed E-state index contributed by atoms with van der Waals surface area (Å²) in [5, 5.41) is 2.45. The minimum Gasteiger partial charge on any atom is -0.344 e. The van der Waals surface area contributed by atoms with E-state index in [4.69, 9.17) is 5.73 Å². The van der Waals surface area contributed by atoms with Gasteiger partial charge in [0.2, 0.25) is 11.8 Å². The summed E-state index contributed by atoms with van der Waals surface area (Å²) in [5.74, 6) is -1.03. The number of carbonyl (C=O) groups is 2. The van der Waals surface area contributed by atoms with Crippen LogP contribution in [-0.4, -0.2) is 48.1 Å². The summed E-state index contributed by atoms with van der Waals surface area (Å²) >= 11 is 0. The maximum absolute atomic E-state index is 12.2. The Balaban J connectivity index is 2.41. The molecule has 0 aliphatic carbocycles. The number of rotatable bonds is 5. The van der Waals surface area contributed by atoms with Crippen LogP contribution in [0.2, 0.25) is 0 Å². The van der Waals surface area contributed by atoms with Crippen molar-refractivity contribution in [3.8, 4) is 0 Å². The summed E-state index contributed by atoms with van der Waals surface area (Å²) in [6, 6.07) is -0.977. The highest BCUT2D eigenvalue weighted by Crippen LogP contribution is 2.20. The predicted octanol–water partition coefficient (Wildman–Crippen LogP) is 0.393. The van der Waals surface area contributed by atoms with Gasteiger partial charge in [0, 0.05) is 19.0 Å². The zero-order chi connectivity index (χ0) is 14.6. The number of hydrogen-bond acceptors (Lipinski definition) is 3. The molecule has 0 saturated carbocycles. The van der Waals surface area contributed by atoms with Gasteiger partial charge in [0.1, 0.15) is 12.6 Å². The lowest BCUT2D eigenvalue weighted by molar-refractivity contribution is -0.158. The minimum absolute atomic E-state index is 0.0105. The van der Waals surface area contributed by atoms with Crippen LogP contribution >= 0.6 is 0 Å². The summed E-state index contributed by atoms with van der Waals surface area (Å²) in [6.45, 7) is 0.494. The van der Waals surface area contributed by atoms with E-state index in [1.807, 2.05) is 0 Å². The fraction of sp³-hybridized carbons (Fsp3) is 0.818. The Bertz CT molecular complexity index is 345. The largest absolute Gasteiger partial charge is 0.406 e. The monoisotopic (exact) mass is 281 g/mol. The molecule has 19 heavy (non-hydrogen) atoms. The molecule has 1 aliphatic heterocycles. The fourth-order valence-electron chi connectivity index (χ4n) is 1.87. The van der Waals surface area contributed by atoms with Crippen LogP contribution in [0.15, 0.2) is 0 Å². The van der Waals surface area contributed by atoms with Gasteiger partial charge in [-0.05, 0) is 19.8 Å². The second-order valence-corrected chi connectivity index (χ2v) is 4.80. The van der Waals surface area contributed by atoms with Crippen LogP contribution in [0.1, 0.15) is 26.2 Å². The number of nitrogens with zero attached hydrogens (tertiary/aromatic N) is 1. The molecule has 110 valence electrons. The van der Waals surface area contributed by atoms with Crippen LogP contribution in [0.5, 0.6) is 0 Å². The highest BCUT2D eigenvalue weighted by atomic mass is 19.4. The Labute approximate surface area is 109 Å². The second-order valence-electron chi connectivity index (χ2n) is 4.80. The van der Waals surface area contributed by atoms with Crippen molar-refractivity contribution in [3.05, 3.63) is 0 Å². The van der Waals surface area contributed by atoms with E-state index < -0.39 is 24.7 Å². The van der Waals surface area contributed by atoms with Gasteiger partial charge in [-0.1, -0.05) is 0 Å². The third kappa shape index (κ3) is 5.46. The van der Waals surface area contributed by atoms with Crippen molar-refractivity contribution >= 4 is 11.8 Å². The molecule has 0 aromatic rings. The summed E-state index contributed by atoms with van der Waals surface area (Å²) in [6.07, 6.45) is -3.57. The lowest BCUT2D eigenvalue weighted by Crippen LogP contribution is -2.43. The molecular weight excluding hydrogens is 263 g/mol. The van der Waals surface area contributed by atoms with Gasteiger partial charge in [0.15, 0.2) is 0 Å². The Morgan fingerprint density at radius 3 is 2.74 bits per heavy atom. The van der Waals surface area contributed by atoms with Crippen LogP contribution in [0.3, 0.4) is 0 Å². The Morgan fingerprint density at radius 1 is 1.58 bits per heavy atom. The molecular formula is C11H18F3N3O2. The molecule has 1 fully saturated rings. The summed E-state index contributed by atoms with van der Waals surface area (Å²) < 4.78 is 36.6. The second kappa shape index (κ2) is 6.23. The van der Waals surface area contributed by atoms with Gasteiger partial charge in [-0.15, -0.1) is 0 Å². The number of nitrogens with two attached hydrogens (primary N) is 1. The molecule has 0 bridgehead atoms. The minimum atomic E-state index is -4.41. The zero-order valence-electron chi connectivity index (χ0n) is 10.7. The molecule has 3 N–H and O–H groups in total. The number of amides is 2. The Morgan fingerprint density at radius 2 is 2.21 bits per heavy atom. The van der Waals surface area contributed by atoms with Gasteiger partial charge < -0.3 is 16.0 Å². The van der Waals surface area contributed by atoms with E-state index in [1.54, 1.807) is 6.92 Å². The number of likely N-dealkylation sites (tertiary alicyclic amines) is 1. The highest BCUT2D eigenvalue weighted by Gasteiger charge is 2.39. The van der Waals surface area contributed by atoms with Gasteiger partial charge in [-0.25, -0.2) is 0 Å². The molecule has 2 atom stereocenters. The number of carbonyl (C=O) groups excluding carboxylic acids is 2. The van der Waals surface area contributed by atoms with E-state index >= 15 is 0 Å². The van der Waals surface area contributed by atoms with Crippen molar-refractivity contribution in [1.82, 2.24) is 10.2 Å². The normalized spacial score (nSPS) is 21.6. The van der Waals surface area contributed by atoms with E-state index in [0.717, 1.165) is 4.90 Å². The molecule has 1 heterocycles. The highest BCUT2D eigenvalue weighted by molar-refractivity contribution is 5.89. The van der Waals surface area contributed by atoms with Gasteiger partial charge >= 0.3 is 6.18 Å². The molecule has 0 radical (unpaired) electrons. The van der Waals surface area contributed by atoms with Crippen LogP contribution in [0, 0.1) is 0 Å². The zero-order valence-corrected chi connectivity index (χ0v) is 10.7. The van der Waals surface area contributed by atoms with Crippen molar-refractivity contribution in [3.63, 3.8) is 0 Å². The SMILES string of the molecule is CC(N)CCC(=O)NC1CCN(CC(F)(F)F)C1=O. The van der Waals surface area contributed by atoms with Crippen LogP contribution < -0.4 is 11.1 Å². The number of hydrogen-bond donors (Lipinski definition) is 2. The van der Waals surface area contributed by atoms with E-state index in [9.17, 15) is 22.8 Å². The van der Waals surface area contributed by atoms with Crippen LogP contribution in [0.25, 0.3) is 0 Å². The Hall–Kier alpha value is -1.31. The van der Waals surface area contributed by atoms with Crippen molar-refractivity contribution in [1.29, 1.82) is 0 Å². The predicted molar refractivity (Wildman–Crippen MR) is 62.1 cm³/mol. The topological polar surface area (TPSA) is 75.4 Å². The third-order valence-electron chi connectivity index (χ3n) is 2.83. The molecule has 8 heteroatoms. The van der Waals surface area contributed by atoms with Crippen LogP contribution in [-0.2, 0) is 9.59 Å². The van der Waals surface area contributed by atoms with Crippen molar-refractivity contribution in [2.45, 2.75) is 44.4 Å². The summed E-state index contributed by atoms with van der Waals surface area (Å²) in [4.78, 5) is 23.8. The van der Waals surface area contributed by atoms with E-state index in [1.165, 1.54) is 0 Å². The summed E-state index contributed by atoms with van der Waals surface area (Å²) in [5.41, 5.74) is 5.49. The van der Waals surface area contributed by atoms with E-state index in [0.29, 0.717) is 6.42 Å². The van der Waals surface area contributed by atoms with Gasteiger partial charge in [-0.2, -0.15) is 13.2 Å². The molecule has 0 aromatic heterocycles. The van der Waals surface area contributed by atoms with Gasteiger partial charge in [0.05, 0.1) is 0 Å². The van der Waals surface area contributed by atoms with E-state index in [-0.39, 0.29) is 31.3 Å². The molecule has 5 nitrogen and oxygen atoms in total. The lowest BCUT2D eigenvalue weighted by atomic mass is 10.1. The van der Waals surface area contributed by atoms with Crippen LogP contribution in [0.4, 0.5) is 13.2 Å². The van der Waals surface area contributed by atoms with Crippen molar-refractivity contribution in [2.24, 2.45) is 5.73 Å². The Kier molecular flexibility index (Phi) is 5.16. The fourth-order valence-corrected chi connectivity index (χ4v) is 1.87. The molecule has 0 spiro atoms. The first-order valence-corrected chi connectivity index (χ1v) is 6.09. The van der Waals surface area contributed by atoms with Gasteiger partial charge in [-0.3, -0.25) is 9.59 Å². The molecule has 2 amide bonds. The number of halogens is 3. The maximum Gasteiger partial charge on any atom is 0.406 e. The number of nitrogens with one attached hydrogen (secondary N) is 1. The first-order chi connectivity index (χ1) is 8.69. The smallest absolute Gasteiger partial charge is 0.344 e. The summed E-state index contributed by atoms with van der Waals surface area (Å²) in [7, 11) is 0. The number of alkyl halides is 3. The molecule has 2 unspecified atom stereocenters. The van der Waals surface area contributed by atoms with Gasteiger partial charge in [0.25, 0.3) is 0 Å². The first-order valence-electron chi connectivity index (χ1n) is 6.09. The maximum atomic E-state index is 12.2. The molecule has 1 saturated heterocycles. The third-order valence-corrected chi connectivity index (χ3v) is 2.83.